The number of benzene rings is 2. The maximum Gasteiger partial charge on any atom is 0.251 e. The molecule has 1 saturated heterocycles. The van der Waals surface area contributed by atoms with Gasteiger partial charge in [0.2, 0.25) is 10.0 Å². The normalized spacial score (nSPS) is 19.3. The highest BCUT2D eigenvalue weighted by Gasteiger charge is 2.31. The molecule has 0 radical (unpaired) electrons. The molecule has 4 rings (SSSR count). The molecule has 2 heterocycles. The van der Waals surface area contributed by atoms with Crippen molar-refractivity contribution in [3.05, 3.63) is 83.7 Å². The van der Waals surface area contributed by atoms with E-state index in [9.17, 15) is 13.2 Å². The zero-order valence-electron chi connectivity index (χ0n) is 19.0. The van der Waals surface area contributed by atoms with Crippen LogP contribution < -0.4 is 5.32 Å². The summed E-state index contributed by atoms with van der Waals surface area (Å²) in [6.45, 7) is 6.23. The van der Waals surface area contributed by atoms with Gasteiger partial charge in [0, 0.05) is 37.6 Å². The topological polar surface area (TPSA) is 84.3 Å². The Hall–Kier alpha value is -2.97. The van der Waals surface area contributed by atoms with E-state index in [1.54, 1.807) is 28.7 Å². The van der Waals surface area contributed by atoms with Crippen LogP contribution in [0.25, 0.3) is 0 Å². The van der Waals surface area contributed by atoms with Crippen LogP contribution in [0.4, 0.5) is 0 Å². The quantitative estimate of drug-likeness (QED) is 0.577. The molecule has 1 fully saturated rings. The Labute approximate surface area is 195 Å². The van der Waals surface area contributed by atoms with Crippen molar-refractivity contribution in [1.82, 2.24) is 19.4 Å². The number of hydrogen-bond donors (Lipinski definition) is 1. The Kier molecular flexibility index (Phi) is 6.95. The highest BCUT2D eigenvalue weighted by atomic mass is 32.2. The van der Waals surface area contributed by atoms with Crippen molar-refractivity contribution in [3.8, 4) is 0 Å². The minimum absolute atomic E-state index is 0.166. The average molecular weight is 467 g/mol. The molecular weight excluding hydrogens is 436 g/mol. The van der Waals surface area contributed by atoms with Gasteiger partial charge in [-0.05, 0) is 53.6 Å². The second kappa shape index (κ2) is 9.89. The van der Waals surface area contributed by atoms with E-state index in [1.165, 1.54) is 6.07 Å². The number of carbonyl (C=O) groups excluding carboxylic acids is 1. The number of nitrogens with one attached hydrogen (secondary N) is 1. The summed E-state index contributed by atoms with van der Waals surface area (Å²) in [6.07, 6.45) is 4.69. The number of hydrogen-bond acceptors (Lipinski definition) is 4. The van der Waals surface area contributed by atoms with Crippen LogP contribution in [0.1, 0.15) is 41.8 Å². The first-order chi connectivity index (χ1) is 15.8. The van der Waals surface area contributed by atoms with Gasteiger partial charge in [-0.1, -0.05) is 44.2 Å². The molecule has 0 bridgehead atoms. The molecule has 1 aliphatic rings. The van der Waals surface area contributed by atoms with E-state index >= 15 is 0 Å². The van der Waals surface area contributed by atoms with Gasteiger partial charge >= 0.3 is 0 Å². The molecule has 174 valence electrons. The molecule has 1 amide bonds. The summed E-state index contributed by atoms with van der Waals surface area (Å²) >= 11 is 0. The van der Waals surface area contributed by atoms with Gasteiger partial charge in [-0.25, -0.2) is 8.42 Å². The third-order valence-electron chi connectivity index (χ3n) is 5.95. The molecule has 0 aliphatic carbocycles. The summed E-state index contributed by atoms with van der Waals surface area (Å²) in [7, 11) is -3.63. The van der Waals surface area contributed by atoms with Gasteiger partial charge in [-0.3, -0.25) is 9.48 Å². The molecule has 8 heteroatoms. The Balaban J connectivity index is 1.39. The number of sulfonamides is 1. The van der Waals surface area contributed by atoms with Crippen molar-refractivity contribution >= 4 is 15.9 Å². The number of carbonyl (C=O) groups is 1. The molecule has 33 heavy (non-hydrogen) atoms. The van der Waals surface area contributed by atoms with E-state index in [2.05, 4.69) is 24.3 Å². The van der Waals surface area contributed by atoms with Gasteiger partial charge in [0.05, 0.1) is 11.4 Å². The fourth-order valence-electron chi connectivity index (χ4n) is 4.38. The first-order valence-corrected chi connectivity index (χ1v) is 12.7. The van der Waals surface area contributed by atoms with Crippen LogP contribution in [0.2, 0.25) is 0 Å². The van der Waals surface area contributed by atoms with E-state index in [1.807, 2.05) is 41.2 Å². The Morgan fingerprint density at radius 1 is 1.03 bits per heavy atom. The zero-order chi connectivity index (χ0) is 23.4. The summed E-state index contributed by atoms with van der Waals surface area (Å²) in [5.74, 6) is 0.343. The standard InChI is InChI=1S/C25H30N4O3S/c1-19-13-20(2)17-29(16-19)33(31,32)24-6-3-5-23(14-24)25(30)26-15-21-7-9-22(10-8-21)18-28-12-4-11-27-28/h3-12,14,19-20H,13,15-18H2,1-2H3,(H,26,30). The lowest BCUT2D eigenvalue weighted by Gasteiger charge is -2.34. The Morgan fingerprint density at radius 3 is 2.39 bits per heavy atom. The predicted octanol–water partition coefficient (Wildman–Crippen LogP) is 3.53. The molecule has 0 saturated carbocycles. The molecule has 2 atom stereocenters. The number of rotatable bonds is 7. The predicted molar refractivity (Wildman–Crippen MR) is 127 cm³/mol. The third-order valence-corrected chi connectivity index (χ3v) is 7.78. The van der Waals surface area contributed by atoms with Crippen molar-refractivity contribution in [1.29, 1.82) is 0 Å². The highest BCUT2D eigenvalue weighted by molar-refractivity contribution is 7.89. The van der Waals surface area contributed by atoms with Crippen molar-refractivity contribution in [2.75, 3.05) is 13.1 Å². The highest BCUT2D eigenvalue weighted by Crippen LogP contribution is 2.27. The molecule has 3 aromatic rings. The summed E-state index contributed by atoms with van der Waals surface area (Å²) in [6, 6.07) is 16.2. The smallest absolute Gasteiger partial charge is 0.251 e. The number of amides is 1. The maximum absolute atomic E-state index is 13.2. The maximum atomic E-state index is 13.2. The summed E-state index contributed by atoms with van der Waals surface area (Å²) in [5, 5.41) is 7.09. The molecule has 7 nitrogen and oxygen atoms in total. The summed E-state index contributed by atoms with van der Waals surface area (Å²) in [5.41, 5.74) is 2.42. The molecule has 1 N–H and O–H groups in total. The van der Waals surface area contributed by atoms with Gasteiger partial charge in [0.15, 0.2) is 0 Å². The number of aromatic nitrogens is 2. The lowest BCUT2D eigenvalue weighted by atomic mass is 9.94. The van der Waals surface area contributed by atoms with E-state index < -0.39 is 10.0 Å². The van der Waals surface area contributed by atoms with E-state index in [4.69, 9.17) is 0 Å². The second-order valence-electron chi connectivity index (χ2n) is 9.00. The molecule has 0 spiro atoms. The monoisotopic (exact) mass is 466 g/mol. The fourth-order valence-corrected chi connectivity index (χ4v) is 6.10. The first-order valence-electron chi connectivity index (χ1n) is 11.2. The van der Waals surface area contributed by atoms with E-state index in [-0.39, 0.29) is 10.8 Å². The lowest BCUT2D eigenvalue weighted by molar-refractivity contribution is 0.0950. The zero-order valence-corrected chi connectivity index (χ0v) is 19.8. The SMILES string of the molecule is CC1CC(C)CN(S(=O)(=O)c2cccc(C(=O)NCc3ccc(Cn4cccn4)cc3)c2)C1. The van der Waals surface area contributed by atoms with Crippen LogP contribution in [0.5, 0.6) is 0 Å². The molecule has 2 unspecified atom stereocenters. The van der Waals surface area contributed by atoms with Gasteiger partial charge in [-0.2, -0.15) is 9.40 Å². The van der Waals surface area contributed by atoms with Gasteiger partial charge in [0.25, 0.3) is 5.91 Å². The molecular formula is C25H30N4O3S. The first kappa shape index (κ1) is 23.2. The second-order valence-corrected chi connectivity index (χ2v) is 10.9. The van der Waals surface area contributed by atoms with E-state index in [0.717, 1.165) is 17.5 Å². The third kappa shape index (κ3) is 5.69. The van der Waals surface area contributed by atoms with Crippen LogP contribution in [0.3, 0.4) is 0 Å². The van der Waals surface area contributed by atoms with Crippen LogP contribution in [-0.4, -0.2) is 41.5 Å². The number of piperidine rings is 1. The van der Waals surface area contributed by atoms with Gasteiger partial charge in [-0.15, -0.1) is 0 Å². The minimum atomic E-state index is -3.63. The average Bonchev–Trinajstić information content (AvgIpc) is 3.31. The molecule has 1 aromatic heterocycles. The fraction of sp³-hybridized carbons (Fsp3) is 0.360. The summed E-state index contributed by atoms with van der Waals surface area (Å²) < 4.78 is 29.7. The van der Waals surface area contributed by atoms with Crippen molar-refractivity contribution in [3.63, 3.8) is 0 Å². The van der Waals surface area contributed by atoms with Gasteiger partial charge in [0.1, 0.15) is 0 Å². The van der Waals surface area contributed by atoms with Crippen LogP contribution in [0, 0.1) is 11.8 Å². The van der Waals surface area contributed by atoms with Gasteiger partial charge < -0.3 is 5.32 Å². The van der Waals surface area contributed by atoms with E-state index in [0.29, 0.717) is 43.6 Å². The van der Waals surface area contributed by atoms with Crippen molar-refractivity contribution < 1.29 is 13.2 Å². The van der Waals surface area contributed by atoms with Crippen LogP contribution >= 0.6 is 0 Å². The largest absolute Gasteiger partial charge is 0.348 e. The lowest BCUT2D eigenvalue weighted by Crippen LogP contribution is -2.42. The molecule has 2 aromatic carbocycles. The van der Waals surface area contributed by atoms with Crippen molar-refractivity contribution in [2.24, 2.45) is 11.8 Å². The minimum Gasteiger partial charge on any atom is -0.348 e. The van der Waals surface area contributed by atoms with Crippen LogP contribution in [0.15, 0.2) is 71.9 Å². The van der Waals surface area contributed by atoms with Crippen LogP contribution in [-0.2, 0) is 23.1 Å². The number of nitrogens with zero attached hydrogens (tertiary/aromatic N) is 3. The Morgan fingerprint density at radius 2 is 1.73 bits per heavy atom. The Bertz CT molecular complexity index is 1180. The van der Waals surface area contributed by atoms with Crippen molar-refractivity contribution in [2.45, 2.75) is 38.3 Å². The summed E-state index contributed by atoms with van der Waals surface area (Å²) in [4.78, 5) is 12.9. The molecule has 1 aliphatic heterocycles.